The Morgan fingerprint density at radius 2 is 2.00 bits per heavy atom. The highest BCUT2D eigenvalue weighted by atomic mass is 32.2. The molecule has 2 heterocycles. The van der Waals surface area contributed by atoms with Crippen molar-refractivity contribution < 1.29 is 27.5 Å². The summed E-state index contributed by atoms with van der Waals surface area (Å²) in [5, 5.41) is 0.320. The van der Waals surface area contributed by atoms with E-state index < -0.39 is 17.7 Å². The molecule has 0 aliphatic heterocycles. The summed E-state index contributed by atoms with van der Waals surface area (Å²) in [7, 11) is 1.27. The lowest BCUT2D eigenvalue weighted by molar-refractivity contribution is -0.137. The van der Waals surface area contributed by atoms with E-state index in [4.69, 9.17) is 4.74 Å². The molecule has 0 radical (unpaired) electrons. The van der Waals surface area contributed by atoms with Crippen LogP contribution in [0.3, 0.4) is 0 Å². The van der Waals surface area contributed by atoms with Gasteiger partial charge in [-0.1, -0.05) is 25.6 Å². The summed E-state index contributed by atoms with van der Waals surface area (Å²) in [6.45, 7) is 3.91. The number of pyridine rings is 1. The summed E-state index contributed by atoms with van der Waals surface area (Å²) in [5.41, 5.74) is 0.00437. The van der Waals surface area contributed by atoms with E-state index in [2.05, 4.69) is 4.98 Å². The van der Waals surface area contributed by atoms with Crippen LogP contribution in [-0.2, 0) is 17.3 Å². The highest BCUT2D eigenvalue weighted by Gasteiger charge is 2.38. The van der Waals surface area contributed by atoms with Crippen molar-refractivity contribution in [3.05, 3.63) is 39.9 Å². The number of thiophene rings is 1. The second-order valence-electron chi connectivity index (χ2n) is 6.99. The van der Waals surface area contributed by atoms with Gasteiger partial charge in [0, 0.05) is 18.2 Å². The van der Waals surface area contributed by atoms with Crippen LogP contribution in [0.25, 0.3) is 0 Å². The summed E-state index contributed by atoms with van der Waals surface area (Å²) in [5.74, 6) is -0.601. The van der Waals surface area contributed by atoms with Gasteiger partial charge < -0.3 is 4.74 Å². The number of ketones is 1. The fraction of sp³-hybridized carbons (Fsp3) is 0.389. The molecule has 1 aliphatic carbocycles. The van der Waals surface area contributed by atoms with Crippen molar-refractivity contribution in [3.8, 4) is 0 Å². The molecule has 0 fully saturated rings. The lowest BCUT2D eigenvalue weighted by Crippen LogP contribution is -2.27. The minimum atomic E-state index is -4.46. The molecule has 9 heteroatoms. The van der Waals surface area contributed by atoms with Crippen LogP contribution in [0.15, 0.2) is 27.6 Å². The zero-order valence-corrected chi connectivity index (χ0v) is 16.4. The van der Waals surface area contributed by atoms with Crippen molar-refractivity contribution in [2.75, 3.05) is 7.11 Å². The molecule has 0 N–H and O–H groups in total. The van der Waals surface area contributed by atoms with Crippen LogP contribution in [0, 0.1) is 5.41 Å². The van der Waals surface area contributed by atoms with Crippen molar-refractivity contribution in [2.24, 2.45) is 5.41 Å². The number of alkyl halides is 3. The van der Waals surface area contributed by atoms with E-state index in [0.717, 1.165) is 35.4 Å². The van der Waals surface area contributed by atoms with Gasteiger partial charge in [-0.05, 0) is 29.5 Å². The lowest BCUT2D eigenvalue weighted by Gasteiger charge is -2.29. The maximum atomic E-state index is 12.7. The zero-order valence-electron chi connectivity index (χ0n) is 14.8. The summed E-state index contributed by atoms with van der Waals surface area (Å²) in [6.07, 6.45) is -2.81. The van der Waals surface area contributed by atoms with E-state index in [1.165, 1.54) is 13.2 Å². The third-order valence-electron chi connectivity index (χ3n) is 4.18. The quantitative estimate of drug-likeness (QED) is 0.641. The maximum absolute atomic E-state index is 12.7. The molecule has 0 atom stereocenters. The number of Topliss-reactive ketones (excluding diaryl/α,β-unsaturated/α-hetero) is 1. The van der Waals surface area contributed by atoms with Crippen LogP contribution in [0.5, 0.6) is 0 Å². The van der Waals surface area contributed by atoms with E-state index in [0.29, 0.717) is 38.1 Å². The molecule has 0 unspecified atom stereocenters. The Hall–Kier alpha value is -1.87. The Bertz CT molecular complexity index is 902. The molecule has 0 saturated carbocycles. The number of methoxy groups -OCH3 is 1. The van der Waals surface area contributed by atoms with E-state index in [1.807, 2.05) is 13.8 Å². The Balaban J connectivity index is 2.00. The predicted octanol–water partition coefficient (Wildman–Crippen LogP) is 5.25. The third kappa shape index (κ3) is 4.03. The van der Waals surface area contributed by atoms with Crippen molar-refractivity contribution in [1.82, 2.24) is 4.98 Å². The first-order valence-electron chi connectivity index (χ1n) is 8.00. The molecule has 4 nitrogen and oxygen atoms in total. The van der Waals surface area contributed by atoms with Crippen LogP contribution in [-0.4, -0.2) is 23.8 Å². The van der Waals surface area contributed by atoms with Crippen LogP contribution in [0.2, 0.25) is 0 Å². The summed E-state index contributed by atoms with van der Waals surface area (Å²) >= 11 is 2.21. The maximum Gasteiger partial charge on any atom is 0.417 e. The summed E-state index contributed by atoms with van der Waals surface area (Å²) in [6, 6.07) is 2.20. The fourth-order valence-corrected chi connectivity index (χ4v) is 5.42. The smallest absolute Gasteiger partial charge is 0.417 e. The van der Waals surface area contributed by atoms with Crippen molar-refractivity contribution in [2.45, 2.75) is 42.1 Å². The normalized spacial score (nSPS) is 16.1. The Morgan fingerprint density at radius 3 is 2.56 bits per heavy atom. The average Bonchev–Trinajstić information content (AvgIpc) is 2.91. The molecule has 27 heavy (non-hydrogen) atoms. The third-order valence-corrected chi connectivity index (χ3v) is 6.53. The van der Waals surface area contributed by atoms with Crippen LogP contribution >= 0.6 is 23.1 Å². The average molecular weight is 415 g/mol. The van der Waals surface area contributed by atoms with Crippen LogP contribution in [0.4, 0.5) is 13.2 Å². The Morgan fingerprint density at radius 1 is 1.30 bits per heavy atom. The first-order chi connectivity index (χ1) is 12.5. The van der Waals surface area contributed by atoms with Gasteiger partial charge in [-0.25, -0.2) is 9.78 Å². The number of carbonyl (C=O) groups excluding carboxylic acids is 2. The Kier molecular flexibility index (Phi) is 5.11. The molecule has 0 spiro atoms. The van der Waals surface area contributed by atoms with Gasteiger partial charge in [0.05, 0.1) is 16.9 Å². The molecule has 0 aromatic carbocycles. The van der Waals surface area contributed by atoms with Gasteiger partial charge in [0.2, 0.25) is 0 Å². The number of nitrogens with zero attached hydrogens (tertiary/aromatic N) is 1. The molecule has 0 bridgehead atoms. The van der Waals surface area contributed by atoms with Gasteiger partial charge in [0.15, 0.2) is 5.78 Å². The highest BCUT2D eigenvalue weighted by molar-refractivity contribution is 8.01. The minimum absolute atomic E-state index is 0.0814. The van der Waals surface area contributed by atoms with Crippen molar-refractivity contribution in [1.29, 1.82) is 0 Å². The van der Waals surface area contributed by atoms with E-state index in [9.17, 15) is 22.8 Å². The molecule has 0 saturated heterocycles. The van der Waals surface area contributed by atoms with Gasteiger partial charge in [-0.2, -0.15) is 13.2 Å². The lowest BCUT2D eigenvalue weighted by atomic mass is 9.74. The van der Waals surface area contributed by atoms with E-state index >= 15 is 0 Å². The monoisotopic (exact) mass is 415 g/mol. The number of ether oxygens (including phenoxy) is 1. The number of carbonyl (C=O) groups is 2. The number of rotatable bonds is 3. The predicted molar refractivity (Wildman–Crippen MR) is 95.5 cm³/mol. The molecule has 0 amide bonds. The second kappa shape index (κ2) is 6.94. The van der Waals surface area contributed by atoms with Gasteiger partial charge in [-0.15, -0.1) is 11.3 Å². The number of hydrogen-bond acceptors (Lipinski definition) is 6. The van der Waals surface area contributed by atoms with Gasteiger partial charge in [0.1, 0.15) is 9.90 Å². The van der Waals surface area contributed by atoms with E-state index in [-0.39, 0.29) is 11.2 Å². The number of aromatic nitrogens is 1. The van der Waals surface area contributed by atoms with E-state index in [1.54, 1.807) is 0 Å². The number of fused-ring (bicyclic) bond motifs is 1. The van der Waals surface area contributed by atoms with Gasteiger partial charge >= 0.3 is 12.1 Å². The van der Waals surface area contributed by atoms with Crippen molar-refractivity contribution in [3.63, 3.8) is 0 Å². The first kappa shape index (κ1) is 19.9. The largest absolute Gasteiger partial charge is 0.465 e. The van der Waals surface area contributed by atoms with Gasteiger partial charge in [-0.3, -0.25) is 4.79 Å². The summed E-state index contributed by atoms with van der Waals surface area (Å²) in [4.78, 5) is 29.0. The van der Waals surface area contributed by atoms with Crippen LogP contribution in [0.1, 0.15) is 51.4 Å². The standard InChI is InChI=1S/C18H16F3NO3S2/c1-17(2)6-10-13(11(23)7-17)16(27-14(10)15(24)25-3)26-12-5-4-9(8-22-12)18(19,20)21/h4-5,8H,6-7H2,1-3H3. The molecular weight excluding hydrogens is 399 g/mol. The second-order valence-corrected chi connectivity index (χ2v) is 9.30. The SMILES string of the molecule is COC(=O)c1sc(Sc2ccc(C(F)(F)F)cn2)c2c1CC(C)(C)CC2=O. The molecule has 3 rings (SSSR count). The van der Waals surface area contributed by atoms with Crippen LogP contribution < -0.4 is 0 Å². The Labute approximate surface area is 162 Å². The highest BCUT2D eigenvalue weighted by Crippen LogP contribution is 2.46. The summed E-state index contributed by atoms with van der Waals surface area (Å²) < 4.78 is 43.4. The molecule has 144 valence electrons. The molecular formula is C18H16F3NO3S2. The zero-order chi connectivity index (χ0) is 20.0. The van der Waals surface area contributed by atoms with Gasteiger partial charge in [0.25, 0.3) is 0 Å². The number of halogens is 3. The van der Waals surface area contributed by atoms with Crippen molar-refractivity contribution >= 4 is 34.9 Å². The topological polar surface area (TPSA) is 56.3 Å². The molecule has 2 aromatic rings. The first-order valence-corrected chi connectivity index (χ1v) is 9.63. The molecule has 2 aromatic heterocycles. The minimum Gasteiger partial charge on any atom is -0.465 e. The fourth-order valence-electron chi connectivity index (χ4n) is 2.99. The number of esters is 1. The molecule has 1 aliphatic rings. The number of hydrogen-bond donors (Lipinski definition) is 0.